The van der Waals surface area contributed by atoms with E-state index in [2.05, 4.69) is 10.3 Å². The molecule has 2 rings (SSSR count). The van der Waals surface area contributed by atoms with Gasteiger partial charge in [-0.15, -0.1) is 5.10 Å². The van der Waals surface area contributed by atoms with Gasteiger partial charge in [0.2, 0.25) is 0 Å². The lowest BCUT2D eigenvalue weighted by Crippen LogP contribution is -1.94. The first-order valence-corrected chi connectivity index (χ1v) is 4.00. The molecule has 0 amide bonds. The molecule has 0 atom stereocenters. The van der Waals surface area contributed by atoms with Crippen molar-refractivity contribution >= 4 is 11.6 Å². The number of phenols is 1. The Morgan fingerprint density at radius 3 is 2.85 bits per heavy atom. The highest BCUT2D eigenvalue weighted by molar-refractivity contribution is 6.30. The molecule has 2 aromatic rings. The van der Waals surface area contributed by atoms with E-state index in [0.29, 0.717) is 10.7 Å². The fourth-order valence-corrected chi connectivity index (χ4v) is 1.19. The molecular weight excluding hydrogens is 190 g/mol. The van der Waals surface area contributed by atoms with Gasteiger partial charge in [-0.3, -0.25) is 0 Å². The van der Waals surface area contributed by atoms with E-state index in [9.17, 15) is 5.11 Å². The molecule has 0 fully saturated rings. The molecule has 0 saturated carbocycles. The zero-order chi connectivity index (χ0) is 9.26. The van der Waals surface area contributed by atoms with Gasteiger partial charge in [0.15, 0.2) is 0 Å². The second-order valence-corrected chi connectivity index (χ2v) is 2.92. The molecule has 1 N–H and O–H groups in total. The molecule has 13 heavy (non-hydrogen) atoms. The molecule has 5 heteroatoms. The average Bonchev–Trinajstić information content (AvgIpc) is 2.56. The summed E-state index contributed by atoms with van der Waals surface area (Å²) < 4.78 is 1.46. The maximum absolute atomic E-state index is 9.49. The molecular formula is C8H6ClN3O. The number of hydrogen-bond donors (Lipinski definition) is 1. The maximum atomic E-state index is 9.49. The number of nitrogens with zero attached hydrogens (tertiary/aromatic N) is 3. The maximum Gasteiger partial charge on any atom is 0.142 e. The standard InChI is InChI=1S/C8H6ClN3O/c9-6-1-2-7(8(13)5-6)12-4-3-10-11-12/h1-5,13H. The van der Waals surface area contributed by atoms with Gasteiger partial charge in [0.1, 0.15) is 11.4 Å². The number of benzene rings is 1. The normalized spacial score (nSPS) is 10.2. The second-order valence-electron chi connectivity index (χ2n) is 2.48. The van der Waals surface area contributed by atoms with E-state index < -0.39 is 0 Å². The summed E-state index contributed by atoms with van der Waals surface area (Å²) in [4.78, 5) is 0. The van der Waals surface area contributed by atoms with Crippen molar-refractivity contribution in [2.45, 2.75) is 0 Å². The number of halogens is 1. The van der Waals surface area contributed by atoms with Crippen LogP contribution in [0.1, 0.15) is 0 Å². The number of phenolic OH excluding ortho intramolecular Hbond substituents is 1. The van der Waals surface area contributed by atoms with Gasteiger partial charge in [0, 0.05) is 11.1 Å². The van der Waals surface area contributed by atoms with Gasteiger partial charge in [-0.1, -0.05) is 16.8 Å². The van der Waals surface area contributed by atoms with Crippen molar-refractivity contribution in [1.82, 2.24) is 15.0 Å². The molecule has 1 aromatic carbocycles. The second kappa shape index (κ2) is 3.06. The van der Waals surface area contributed by atoms with Crippen LogP contribution in [0.5, 0.6) is 5.75 Å². The van der Waals surface area contributed by atoms with E-state index in [1.165, 1.54) is 16.9 Å². The van der Waals surface area contributed by atoms with Gasteiger partial charge in [0.05, 0.1) is 12.4 Å². The number of aromatic hydroxyl groups is 1. The summed E-state index contributed by atoms with van der Waals surface area (Å²) in [6, 6.07) is 4.81. The smallest absolute Gasteiger partial charge is 0.142 e. The first kappa shape index (κ1) is 8.07. The van der Waals surface area contributed by atoms with Gasteiger partial charge < -0.3 is 5.11 Å². The van der Waals surface area contributed by atoms with Crippen LogP contribution in [0.3, 0.4) is 0 Å². The van der Waals surface area contributed by atoms with Crippen molar-refractivity contribution in [2.24, 2.45) is 0 Å². The van der Waals surface area contributed by atoms with E-state index in [1.54, 1.807) is 18.3 Å². The fourth-order valence-electron chi connectivity index (χ4n) is 1.03. The Kier molecular flexibility index (Phi) is 1.90. The van der Waals surface area contributed by atoms with Gasteiger partial charge in [0.25, 0.3) is 0 Å². The van der Waals surface area contributed by atoms with Gasteiger partial charge in [-0.25, -0.2) is 4.68 Å². The summed E-state index contributed by atoms with van der Waals surface area (Å²) in [5, 5.41) is 17.3. The Balaban J connectivity index is 2.53. The molecule has 1 heterocycles. The predicted molar refractivity (Wildman–Crippen MR) is 48.0 cm³/mol. The van der Waals surface area contributed by atoms with Crippen LogP contribution < -0.4 is 0 Å². The van der Waals surface area contributed by atoms with Crippen molar-refractivity contribution in [1.29, 1.82) is 0 Å². The Morgan fingerprint density at radius 1 is 1.38 bits per heavy atom. The number of aromatic nitrogens is 3. The summed E-state index contributed by atoms with van der Waals surface area (Å²) in [7, 11) is 0. The van der Waals surface area contributed by atoms with Crippen LogP contribution in [0.2, 0.25) is 5.02 Å². The van der Waals surface area contributed by atoms with E-state index >= 15 is 0 Å². The summed E-state index contributed by atoms with van der Waals surface area (Å²) in [6.45, 7) is 0. The average molecular weight is 196 g/mol. The Hall–Kier alpha value is -1.55. The third-order valence-corrected chi connectivity index (χ3v) is 1.84. The highest BCUT2D eigenvalue weighted by atomic mass is 35.5. The van der Waals surface area contributed by atoms with E-state index in [1.807, 2.05) is 0 Å². The van der Waals surface area contributed by atoms with Crippen molar-refractivity contribution in [3.05, 3.63) is 35.6 Å². The van der Waals surface area contributed by atoms with Crippen LogP contribution in [0, 0.1) is 0 Å². The van der Waals surface area contributed by atoms with E-state index in [0.717, 1.165) is 0 Å². The molecule has 0 aliphatic heterocycles. The Bertz CT molecular complexity index is 413. The molecule has 0 bridgehead atoms. The van der Waals surface area contributed by atoms with E-state index in [-0.39, 0.29) is 5.75 Å². The van der Waals surface area contributed by atoms with Crippen LogP contribution in [-0.4, -0.2) is 20.1 Å². The minimum absolute atomic E-state index is 0.0815. The molecule has 0 radical (unpaired) electrons. The SMILES string of the molecule is Oc1cc(Cl)ccc1-n1ccnn1. The monoisotopic (exact) mass is 195 g/mol. The molecule has 0 aliphatic rings. The highest BCUT2D eigenvalue weighted by Gasteiger charge is 2.03. The molecule has 1 aromatic heterocycles. The Morgan fingerprint density at radius 2 is 2.23 bits per heavy atom. The first-order chi connectivity index (χ1) is 6.27. The Labute approximate surface area is 79.4 Å². The third-order valence-electron chi connectivity index (χ3n) is 1.61. The van der Waals surface area contributed by atoms with Crippen molar-refractivity contribution in [2.75, 3.05) is 0 Å². The third kappa shape index (κ3) is 1.48. The zero-order valence-electron chi connectivity index (χ0n) is 6.55. The van der Waals surface area contributed by atoms with Crippen molar-refractivity contribution in [3.63, 3.8) is 0 Å². The molecule has 0 saturated heterocycles. The van der Waals surface area contributed by atoms with Crippen molar-refractivity contribution < 1.29 is 5.11 Å². The molecule has 0 unspecified atom stereocenters. The number of hydrogen-bond acceptors (Lipinski definition) is 3. The molecule has 4 nitrogen and oxygen atoms in total. The summed E-state index contributed by atoms with van der Waals surface area (Å²) >= 11 is 5.67. The minimum Gasteiger partial charge on any atom is -0.506 e. The van der Waals surface area contributed by atoms with Crippen LogP contribution >= 0.6 is 11.6 Å². The summed E-state index contributed by atoms with van der Waals surface area (Å²) in [5.74, 6) is 0.0815. The number of rotatable bonds is 1. The van der Waals surface area contributed by atoms with Gasteiger partial charge >= 0.3 is 0 Å². The quantitative estimate of drug-likeness (QED) is 0.753. The largest absolute Gasteiger partial charge is 0.506 e. The first-order valence-electron chi connectivity index (χ1n) is 3.62. The predicted octanol–water partition coefficient (Wildman–Crippen LogP) is 1.63. The molecule has 0 aliphatic carbocycles. The summed E-state index contributed by atoms with van der Waals surface area (Å²) in [6.07, 6.45) is 3.18. The van der Waals surface area contributed by atoms with Crippen LogP contribution in [-0.2, 0) is 0 Å². The van der Waals surface area contributed by atoms with Crippen LogP contribution in [0.25, 0.3) is 5.69 Å². The lowest BCUT2D eigenvalue weighted by atomic mass is 10.3. The lowest BCUT2D eigenvalue weighted by molar-refractivity contribution is 0.470. The van der Waals surface area contributed by atoms with Crippen LogP contribution in [0.15, 0.2) is 30.6 Å². The summed E-state index contributed by atoms with van der Waals surface area (Å²) in [5.41, 5.74) is 0.557. The lowest BCUT2D eigenvalue weighted by Gasteiger charge is -2.02. The molecule has 66 valence electrons. The highest BCUT2D eigenvalue weighted by Crippen LogP contribution is 2.24. The fraction of sp³-hybridized carbons (Fsp3) is 0. The van der Waals surface area contributed by atoms with E-state index in [4.69, 9.17) is 11.6 Å². The zero-order valence-corrected chi connectivity index (χ0v) is 7.31. The molecule has 0 spiro atoms. The van der Waals surface area contributed by atoms with Gasteiger partial charge in [-0.2, -0.15) is 0 Å². The van der Waals surface area contributed by atoms with Crippen molar-refractivity contribution in [3.8, 4) is 11.4 Å². The van der Waals surface area contributed by atoms with Crippen LogP contribution in [0.4, 0.5) is 0 Å². The minimum atomic E-state index is 0.0815. The van der Waals surface area contributed by atoms with Gasteiger partial charge in [-0.05, 0) is 12.1 Å². The topological polar surface area (TPSA) is 50.9 Å².